The molecule has 0 aromatic heterocycles. The minimum Gasteiger partial charge on any atom is -0.373 e. The number of rotatable bonds is 5. The maximum Gasteiger partial charge on any atom is 0.248 e. The minimum atomic E-state index is -0.415. The van der Waals surface area contributed by atoms with Gasteiger partial charge < -0.3 is 21.1 Å². The number of carbonyl (C=O) groups excluding carboxylic acids is 1. The predicted molar refractivity (Wildman–Crippen MR) is 102 cm³/mol. The standard InChI is InChI=1S/C16H24N4O2.HI/c1-16(8-3-9-22-16)11-20-15(18-2)19-10-12-4-6-13(7-5-12)14(17)21;/h4-7H,3,8-11H2,1-2H3,(H2,17,21)(H2,18,19,20);1H. The van der Waals surface area contributed by atoms with Gasteiger partial charge in [-0.3, -0.25) is 9.79 Å². The van der Waals surface area contributed by atoms with E-state index >= 15 is 0 Å². The first-order valence-electron chi connectivity index (χ1n) is 7.50. The summed E-state index contributed by atoms with van der Waals surface area (Å²) in [5.74, 6) is 0.317. The summed E-state index contributed by atoms with van der Waals surface area (Å²) in [5.41, 5.74) is 6.68. The number of nitrogens with two attached hydrogens (primary N) is 1. The van der Waals surface area contributed by atoms with Gasteiger partial charge in [0.1, 0.15) is 0 Å². The van der Waals surface area contributed by atoms with Gasteiger partial charge in [-0.25, -0.2) is 0 Å². The smallest absolute Gasteiger partial charge is 0.248 e. The Bertz CT molecular complexity index is 540. The Kier molecular flexibility index (Phi) is 7.77. The van der Waals surface area contributed by atoms with Crippen LogP contribution in [0.15, 0.2) is 29.3 Å². The highest BCUT2D eigenvalue weighted by molar-refractivity contribution is 14.0. The molecule has 1 atom stereocenters. The molecule has 4 N–H and O–H groups in total. The summed E-state index contributed by atoms with van der Waals surface area (Å²) in [6, 6.07) is 7.20. The van der Waals surface area contributed by atoms with Crippen molar-refractivity contribution in [3.63, 3.8) is 0 Å². The average molecular weight is 432 g/mol. The Hall–Kier alpha value is -1.35. The van der Waals surface area contributed by atoms with E-state index in [9.17, 15) is 4.79 Å². The van der Waals surface area contributed by atoms with Gasteiger partial charge in [-0.1, -0.05) is 12.1 Å². The molecule has 6 nitrogen and oxygen atoms in total. The van der Waals surface area contributed by atoms with Crippen LogP contribution in [0.2, 0.25) is 0 Å². The number of amides is 1. The van der Waals surface area contributed by atoms with Crippen LogP contribution in [0.3, 0.4) is 0 Å². The second-order valence-electron chi connectivity index (χ2n) is 5.74. The summed E-state index contributed by atoms with van der Waals surface area (Å²) in [6.45, 7) is 4.29. The van der Waals surface area contributed by atoms with Crippen LogP contribution < -0.4 is 16.4 Å². The molecule has 23 heavy (non-hydrogen) atoms. The first kappa shape index (κ1) is 19.7. The fourth-order valence-corrected chi connectivity index (χ4v) is 2.44. The number of aliphatic imine (C=N–C) groups is 1. The van der Waals surface area contributed by atoms with E-state index < -0.39 is 5.91 Å². The van der Waals surface area contributed by atoms with Crippen LogP contribution >= 0.6 is 24.0 Å². The number of hydrogen-bond donors (Lipinski definition) is 3. The maximum atomic E-state index is 11.0. The van der Waals surface area contributed by atoms with Gasteiger partial charge in [0, 0.05) is 32.3 Å². The lowest BCUT2D eigenvalue weighted by molar-refractivity contribution is 0.0243. The molecule has 1 aromatic carbocycles. The van der Waals surface area contributed by atoms with E-state index in [0.717, 1.165) is 37.5 Å². The lowest BCUT2D eigenvalue weighted by atomic mass is 10.0. The first-order chi connectivity index (χ1) is 10.5. The Balaban J connectivity index is 0.00000264. The van der Waals surface area contributed by atoms with E-state index in [1.807, 2.05) is 12.1 Å². The number of guanidine groups is 1. The Labute approximate surface area is 154 Å². The quantitative estimate of drug-likeness (QED) is 0.375. The number of primary amides is 1. The monoisotopic (exact) mass is 432 g/mol. The van der Waals surface area contributed by atoms with Gasteiger partial charge in [0.25, 0.3) is 0 Å². The van der Waals surface area contributed by atoms with Crippen molar-refractivity contribution in [3.05, 3.63) is 35.4 Å². The van der Waals surface area contributed by atoms with Crippen molar-refractivity contribution < 1.29 is 9.53 Å². The average Bonchev–Trinajstić information content (AvgIpc) is 2.95. The van der Waals surface area contributed by atoms with Gasteiger partial charge in [0.15, 0.2) is 5.96 Å². The van der Waals surface area contributed by atoms with Crippen molar-refractivity contribution in [1.29, 1.82) is 0 Å². The molecule has 1 saturated heterocycles. The summed E-state index contributed by atoms with van der Waals surface area (Å²) in [7, 11) is 1.74. The molecular weight excluding hydrogens is 407 g/mol. The van der Waals surface area contributed by atoms with Crippen molar-refractivity contribution in [2.75, 3.05) is 20.2 Å². The van der Waals surface area contributed by atoms with Crippen LogP contribution in [-0.4, -0.2) is 37.7 Å². The third-order valence-corrected chi connectivity index (χ3v) is 3.85. The highest BCUT2D eigenvalue weighted by atomic mass is 127. The summed E-state index contributed by atoms with van der Waals surface area (Å²) >= 11 is 0. The van der Waals surface area contributed by atoms with Gasteiger partial charge in [-0.2, -0.15) is 0 Å². The van der Waals surface area contributed by atoms with E-state index in [-0.39, 0.29) is 29.6 Å². The zero-order chi connectivity index (χ0) is 16.0. The summed E-state index contributed by atoms with van der Waals surface area (Å²) in [4.78, 5) is 15.2. The van der Waals surface area contributed by atoms with Crippen LogP contribution in [-0.2, 0) is 11.3 Å². The number of hydrogen-bond acceptors (Lipinski definition) is 3. The molecule has 0 radical (unpaired) electrons. The number of carbonyl (C=O) groups is 1. The zero-order valence-corrected chi connectivity index (χ0v) is 15.9. The normalized spacial score (nSPS) is 20.7. The second kappa shape index (κ2) is 9.07. The number of halogens is 1. The van der Waals surface area contributed by atoms with E-state index in [1.165, 1.54) is 0 Å². The van der Waals surface area contributed by atoms with E-state index in [0.29, 0.717) is 12.1 Å². The van der Waals surface area contributed by atoms with Crippen LogP contribution in [0.5, 0.6) is 0 Å². The molecule has 0 aliphatic carbocycles. The van der Waals surface area contributed by atoms with Crippen LogP contribution in [0.1, 0.15) is 35.7 Å². The molecule has 7 heteroatoms. The van der Waals surface area contributed by atoms with Gasteiger partial charge in [-0.15, -0.1) is 24.0 Å². The lowest BCUT2D eigenvalue weighted by Crippen LogP contribution is -2.45. The number of nitrogens with one attached hydrogen (secondary N) is 2. The molecule has 2 rings (SSSR count). The van der Waals surface area contributed by atoms with E-state index in [4.69, 9.17) is 10.5 Å². The molecule has 1 aliphatic heterocycles. The molecule has 1 fully saturated rings. The summed E-state index contributed by atoms with van der Waals surface area (Å²) in [6.07, 6.45) is 2.17. The molecule has 1 aliphatic rings. The zero-order valence-electron chi connectivity index (χ0n) is 13.6. The van der Waals surface area contributed by atoms with Crippen LogP contribution in [0.25, 0.3) is 0 Å². The van der Waals surface area contributed by atoms with Gasteiger partial charge in [0.05, 0.1) is 5.60 Å². The van der Waals surface area contributed by atoms with Crippen molar-refractivity contribution >= 4 is 35.8 Å². The fraction of sp³-hybridized carbons (Fsp3) is 0.500. The predicted octanol–water partition coefficient (Wildman–Crippen LogP) is 1.64. The molecule has 128 valence electrons. The highest BCUT2D eigenvalue weighted by Gasteiger charge is 2.29. The third kappa shape index (κ3) is 5.98. The topological polar surface area (TPSA) is 88.7 Å². The SMILES string of the molecule is CN=C(NCc1ccc(C(N)=O)cc1)NCC1(C)CCCO1.I. The van der Waals surface area contributed by atoms with Gasteiger partial charge in [0.2, 0.25) is 5.91 Å². The minimum absolute atomic E-state index is 0. The number of nitrogens with zero attached hydrogens (tertiary/aromatic N) is 1. The molecule has 0 saturated carbocycles. The summed E-state index contributed by atoms with van der Waals surface area (Å²) < 4.78 is 5.74. The number of ether oxygens (including phenoxy) is 1. The number of benzene rings is 1. The molecule has 1 amide bonds. The van der Waals surface area contributed by atoms with E-state index in [1.54, 1.807) is 19.2 Å². The molecule has 0 bridgehead atoms. The Morgan fingerprint density at radius 3 is 2.57 bits per heavy atom. The third-order valence-electron chi connectivity index (χ3n) is 3.85. The Morgan fingerprint density at radius 2 is 2.04 bits per heavy atom. The lowest BCUT2D eigenvalue weighted by Gasteiger charge is -2.24. The second-order valence-corrected chi connectivity index (χ2v) is 5.74. The molecule has 1 aromatic rings. The fourth-order valence-electron chi connectivity index (χ4n) is 2.44. The van der Waals surface area contributed by atoms with Crippen molar-refractivity contribution in [3.8, 4) is 0 Å². The van der Waals surface area contributed by atoms with Crippen molar-refractivity contribution in [1.82, 2.24) is 10.6 Å². The molecule has 1 heterocycles. The van der Waals surface area contributed by atoms with Crippen molar-refractivity contribution in [2.45, 2.75) is 31.9 Å². The van der Waals surface area contributed by atoms with Crippen LogP contribution in [0.4, 0.5) is 0 Å². The largest absolute Gasteiger partial charge is 0.373 e. The first-order valence-corrected chi connectivity index (χ1v) is 7.50. The molecular formula is C16H25IN4O2. The van der Waals surface area contributed by atoms with Crippen molar-refractivity contribution in [2.24, 2.45) is 10.7 Å². The maximum absolute atomic E-state index is 11.0. The molecule has 1 unspecified atom stereocenters. The van der Waals surface area contributed by atoms with Crippen LogP contribution in [0, 0.1) is 0 Å². The summed E-state index contributed by atoms with van der Waals surface area (Å²) in [5, 5.41) is 6.53. The van der Waals surface area contributed by atoms with E-state index in [2.05, 4.69) is 22.5 Å². The van der Waals surface area contributed by atoms with Gasteiger partial charge >= 0.3 is 0 Å². The molecule has 0 spiro atoms. The Morgan fingerprint density at radius 1 is 1.35 bits per heavy atom. The highest BCUT2D eigenvalue weighted by Crippen LogP contribution is 2.23. The van der Waals surface area contributed by atoms with Gasteiger partial charge in [-0.05, 0) is 37.5 Å².